The smallest absolute Gasteiger partial charge is 0.310 e. The molecular formula is C13H16Br2N2O2. The molecule has 3 N–H and O–H groups in total. The quantitative estimate of drug-likeness (QED) is 0.777. The van der Waals surface area contributed by atoms with Crippen molar-refractivity contribution < 1.29 is 9.90 Å². The van der Waals surface area contributed by atoms with Crippen molar-refractivity contribution in [2.75, 3.05) is 18.8 Å². The molecule has 2 rings (SSSR count). The third-order valence-corrected chi connectivity index (χ3v) is 4.76. The van der Waals surface area contributed by atoms with Gasteiger partial charge >= 0.3 is 5.97 Å². The molecule has 0 saturated carbocycles. The number of carbonyl (C=O) groups is 1. The van der Waals surface area contributed by atoms with E-state index < -0.39 is 11.4 Å². The molecule has 104 valence electrons. The molecule has 1 aromatic rings. The molecule has 0 aliphatic carbocycles. The number of anilines is 1. The van der Waals surface area contributed by atoms with Gasteiger partial charge in [0.05, 0.1) is 11.1 Å². The maximum atomic E-state index is 11.2. The lowest BCUT2D eigenvalue weighted by atomic mass is 9.90. The first kappa shape index (κ1) is 14.8. The molecule has 1 aliphatic heterocycles. The first-order chi connectivity index (χ1) is 8.82. The SMILES string of the molecule is CC1(C(=O)O)CCN(Cc2cc(Br)cc(Br)c2N)C1. The Morgan fingerprint density at radius 1 is 1.53 bits per heavy atom. The van der Waals surface area contributed by atoms with Gasteiger partial charge in [0.2, 0.25) is 0 Å². The summed E-state index contributed by atoms with van der Waals surface area (Å²) < 4.78 is 1.82. The van der Waals surface area contributed by atoms with E-state index in [0.717, 1.165) is 21.1 Å². The van der Waals surface area contributed by atoms with E-state index in [1.807, 2.05) is 12.1 Å². The second kappa shape index (κ2) is 5.42. The number of rotatable bonds is 3. The summed E-state index contributed by atoms with van der Waals surface area (Å²) in [7, 11) is 0. The molecule has 4 nitrogen and oxygen atoms in total. The summed E-state index contributed by atoms with van der Waals surface area (Å²) in [5, 5.41) is 9.23. The molecule has 0 spiro atoms. The largest absolute Gasteiger partial charge is 0.481 e. The number of carboxylic acid groups (broad SMARTS) is 1. The third kappa shape index (κ3) is 3.12. The molecule has 0 bridgehead atoms. The van der Waals surface area contributed by atoms with E-state index in [2.05, 4.69) is 36.8 Å². The van der Waals surface area contributed by atoms with E-state index in [0.29, 0.717) is 25.2 Å². The molecule has 1 unspecified atom stereocenters. The van der Waals surface area contributed by atoms with Gasteiger partial charge in [-0.05, 0) is 53.5 Å². The van der Waals surface area contributed by atoms with Crippen LogP contribution in [0.2, 0.25) is 0 Å². The molecular weight excluding hydrogens is 376 g/mol. The molecule has 0 amide bonds. The van der Waals surface area contributed by atoms with Gasteiger partial charge in [-0.25, -0.2) is 0 Å². The van der Waals surface area contributed by atoms with E-state index in [4.69, 9.17) is 5.73 Å². The minimum absolute atomic E-state index is 0.561. The fourth-order valence-corrected chi connectivity index (χ4v) is 3.69. The van der Waals surface area contributed by atoms with Crippen molar-refractivity contribution in [3.8, 4) is 0 Å². The van der Waals surface area contributed by atoms with Gasteiger partial charge in [-0.3, -0.25) is 9.69 Å². The number of nitrogens with zero attached hydrogens (tertiary/aromatic N) is 1. The van der Waals surface area contributed by atoms with E-state index in [9.17, 15) is 9.90 Å². The Hall–Kier alpha value is -0.590. The highest BCUT2D eigenvalue weighted by Crippen LogP contribution is 2.34. The number of hydrogen-bond donors (Lipinski definition) is 2. The predicted molar refractivity (Wildman–Crippen MR) is 81.9 cm³/mol. The zero-order valence-corrected chi connectivity index (χ0v) is 13.8. The van der Waals surface area contributed by atoms with Crippen LogP contribution in [0.25, 0.3) is 0 Å². The van der Waals surface area contributed by atoms with Crippen LogP contribution < -0.4 is 5.73 Å². The van der Waals surface area contributed by atoms with E-state index in [1.54, 1.807) is 6.92 Å². The Morgan fingerprint density at radius 3 is 2.79 bits per heavy atom. The first-order valence-corrected chi connectivity index (χ1v) is 7.59. The van der Waals surface area contributed by atoms with Gasteiger partial charge in [-0.1, -0.05) is 15.9 Å². The fraction of sp³-hybridized carbons (Fsp3) is 0.462. The molecule has 1 fully saturated rings. The van der Waals surface area contributed by atoms with Crippen LogP contribution >= 0.6 is 31.9 Å². The molecule has 1 heterocycles. The summed E-state index contributed by atoms with van der Waals surface area (Å²) in [6.45, 7) is 3.82. The average Bonchev–Trinajstić information content (AvgIpc) is 2.69. The maximum absolute atomic E-state index is 11.2. The van der Waals surface area contributed by atoms with Gasteiger partial charge < -0.3 is 10.8 Å². The molecule has 19 heavy (non-hydrogen) atoms. The second-order valence-corrected chi connectivity index (χ2v) is 7.06. The van der Waals surface area contributed by atoms with Gasteiger partial charge in [0.25, 0.3) is 0 Å². The van der Waals surface area contributed by atoms with Crippen LogP contribution in [0, 0.1) is 5.41 Å². The number of nitrogen functional groups attached to an aromatic ring is 1. The first-order valence-electron chi connectivity index (χ1n) is 6.01. The summed E-state index contributed by atoms with van der Waals surface area (Å²) in [5.41, 5.74) is 7.13. The zero-order valence-electron chi connectivity index (χ0n) is 10.6. The maximum Gasteiger partial charge on any atom is 0.310 e. The van der Waals surface area contributed by atoms with Gasteiger partial charge in [0.1, 0.15) is 0 Å². The van der Waals surface area contributed by atoms with Crippen molar-refractivity contribution >= 4 is 43.5 Å². The minimum Gasteiger partial charge on any atom is -0.481 e. The number of likely N-dealkylation sites (tertiary alicyclic amines) is 1. The minimum atomic E-state index is -0.724. The summed E-state index contributed by atoms with van der Waals surface area (Å²) in [5.74, 6) is -0.724. The van der Waals surface area contributed by atoms with Gasteiger partial charge in [0, 0.05) is 22.0 Å². The van der Waals surface area contributed by atoms with Crippen LogP contribution in [-0.4, -0.2) is 29.1 Å². The van der Waals surface area contributed by atoms with E-state index in [1.165, 1.54) is 0 Å². The van der Waals surface area contributed by atoms with Gasteiger partial charge in [-0.2, -0.15) is 0 Å². The van der Waals surface area contributed by atoms with Gasteiger partial charge in [0.15, 0.2) is 0 Å². The standard InChI is InChI=1S/C13H16Br2N2O2/c1-13(12(18)19)2-3-17(7-13)6-8-4-9(14)5-10(15)11(8)16/h4-5H,2-3,6-7,16H2,1H3,(H,18,19). The second-order valence-electron chi connectivity index (χ2n) is 5.29. The van der Waals surface area contributed by atoms with Crippen molar-refractivity contribution in [2.24, 2.45) is 5.41 Å². The van der Waals surface area contributed by atoms with Crippen LogP contribution in [0.1, 0.15) is 18.9 Å². The molecule has 1 aromatic carbocycles. The number of aliphatic carboxylic acids is 1. The molecule has 1 saturated heterocycles. The van der Waals surface area contributed by atoms with Gasteiger partial charge in [-0.15, -0.1) is 0 Å². The summed E-state index contributed by atoms with van der Waals surface area (Å²) in [6.07, 6.45) is 0.678. The Morgan fingerprint density at radius 2 is 2.21 bits per heavy atom. The number of benzene rings is 1. The van der Waals surface area contributed by atoms with Crippen LogP contribution in [0.3, 0.4) is 0 Å². The lowest BCUT2D eigenvalue weighted by Crippen LogP contribution is -2.31. The Bertz CT molecular complexity index is 522. The summed E-state index contributed by atoms with van der Waals surface area (Å²) in [6, 6.07) is 3.89. The van der Waals surface area contributed by atoms with Crippen molar-refractivity contribution in [1.82, 2.24) is 4.90 Å². The number of carboxylic acids is 1. The number of halogens is 2. The fourth-order valence-electron chi connectivity index (χ4n) is 2.38. The van der Waals surface area contributed by atoms with Crippen LogP contribution in [0.15, 0.2) is 21.1 Å². The monoisotopic (exact) mass is 390 g/mol. The van der Waals surface area contributed by atoms with Crippen molar-refractivity contribution in [1.29, 1.82) is 0 Å². The normalized spacial score (nSPS) is 23.7. The topological polar surface area (TPSA) is 66.6 Å². The number of hydrogen-bond acceptors (Lipinski definition) is 3. The van der Waals surface area contributed by atoms with E-state index in [-0.39, 0.29) is 0 Å². The van der Waals surface area contributed by atoms with Crippen LogP contribution in [0.5, 0.6) is 0 Å². The highest BCUT2D eigenvalue weighted by molar-refractivity contribution is 9.11. The lowest BCUT2D eigenvalue weighted by Gasteiger charge is -2.21. The van der Waals surface area contributed by atoms with Crippen molar-refractivity contribution in [2.45, 2.75) is 19.9 Å². The van der Waals surface area contributed by atoms with Crippen molar-refractivity contribution in [3.63, 3.8) is 0 Å². The highest BCUT2D eigenvalue weighted by atomic mass is 79.9. The van der Waals surface area contributed by atoms with Crippen LogP contribution in [-0.2, 0) is 11.3 Å². The predicted octanol–water partition coefficient (Wildman–Crippen LogP) is 3.09. The molecule has 0 aromatic heterocycles. The molecule has 0 radical (unpaired) electrons. The number of nitrogens with two attached hydrogens (primary N) is 1. The summed E-state index contributed by atoms with van der Waals surface area (Å²) >= 11 is 6.87. The molecule has 1 atom stereocenters. The molecule has 6 heteroatoms. The third-order valence-electron chi connectivity index (χ3n) is 3.64. The Balaban J connectivity index is 2.14. The van der Waals surface area contributed by atoms with E-state index >= 15 is 0 Å². The average molecular weight is 392 g/mol. The summed E-state index contributed by atoms with van der Waals surface area (Å²) in [4.78, 5) is 13.4. The molecule has 1 aliphatic rings. The Labute approximate surface area is 129 Å². The Kier molecular flexibility index (Phi) is 4.23. The van der Waals surface area contributed by atoms with Crippen molar-refractivity contribution in [3.05, 3.63) is 26.6 Å². The highest BCUT2D eigenvalue weighted by Gasteiger charge is 2.40. The lowest BCUT2D eigenvalue weighted by molar-refractivity contribution is -0.147. The zero-order chi connectivity index (χ0) is 14.2. The van der Waals surface area contributed by atoms with Crippen LogP contribution in [0.4, 0.5) is 5.69 Å².